The van der Waals surface area contributed by atoms with E-state index in [-0.39, 0.29) is 5.69 Å². The molecule has 0 radical (unpaired) electrons. The fourth-order valence-electron chi connectivity index (χ4n) is 1.22. The molecule has 66 valence electrons. The van der Waals surface area contributed by atoms with Crippen molar-refractivity contribution in [3.63, 3.8) is 0 Å². The molecule has 2 N–H and O–H groups in total. The van der Waals surface area contributed by atoms with E-state index in [1.165, 1.54) is 0 Å². The number of rotatable bonds is 1. The maximum Gasteiger partial charge on any atom is 0.354 e. The summed E-state index contributed by atoms with van der Waals surface area (Å²) in [6, 6.07) is 1.54. The Kier molecular flexibility index (Phi) is 1.73. The number of carboxylic acids is 1. The second kappa shape index (κ2) is 2.90. The average molecular weight is 176 g/mol. The molecule has 0 amide bonds. The minimum absolute atomic E-state index is 0.0709. The van der Waals surface area contributed by atoms with E-state index in [0.29, 0.717) is 0 Å². The fourth-order valence-corrected chi connectivity index (χ4v) is 1.22. The lowest BCUT2D eigenvalue weighted by Gasteiger charge is -2.12. The van der Waals surface area contributed by atoms with Crippen LogP contribution in [0, 0.1) is 0 Å². The number of hydrogen-bond acceptors (Lipinski definition) is 3. The van der Waals surface area contributed by atoms with E-state index in [9.17, 15) is 4.79 Å². The van der Waals surface area contributed by atoms with Crippen LogP contribution in [0.25, 0.3) is 6.08 Å². The van der Waals surface area contributed by atoms with E-state index in [4.69, 9.17) is 5.11 Å². The van der Waals surface area contributed by atoms with Crippen LogP contribution in [0.1, 0.15) is 16.1 Å². The molecule has 0 aliphatic carbocycles. The molecule has 0 aromatic carbocycles. The number of fused-ring (bicyclic) bond motifs is 1. The second-order valence-corrected chi connectivity index (χ2v) is 2.75. The molecule has 0 bridgehead atoms. The predicted octanol–water partition coefficient (Wildman–Crippen LogP) is 1.22. The minimum atomic E-state index is -1.00. The Hall–Kier alpha value is -1.84. The molecule has 0 spiro atoms. The molecule has 13 heavy (non-hydrogen) atoms. The van der Waals surface area contributed by atoms with E-state index in [0.717, 1.165) is 17.8 Å². The molecule has 0 saturated heterocycles. The van der Waals surface area contributed by atoms with Crippen LogP contribution in [-0.2, 0) is 0 Å². The molecular weight excluding hydrogens is 168 g/mol. The number of anilines is 1. The van der Waals surface area contributed by atoms with Crippen LogP contribution < -0.4 is 5.32 Å². The molecule has 0 saturated carbocycles. The summed E-state index contributed by atoms with van der Waals surface area (Å²) in [6.45, 7) is 0.732. The number of nitrogens with zero attached hydrogens (tertiary/aromatic N) is 1. The molecule has 4 nitrogen and oxygen atoms in total. The first-order chi connectivity index (χ1) is 6.27. The van der Waals surface area contributed by atoms with Gasteiger partial charge in [0.2, 0.25) is 0 Å². The molecule has 2 heterocycles. The lowest BCUT2D eigenvalue weighted by molar-refractivity contribution is 0.0690. The molecule has 2 rings (SSSR count). The van der Waals surface area contributed by atoms with Gasteiger partial charge in [0.15, 0.2) is 0 Å². The molecule has 0 fully saturated rings. The van der Waals surface area contributed by atoms with Crippen LogP contribution >= 0.6 is 0 Å². The highest BCUT2D eigenvalue weighted by molar-refractivity contribution is 5.87. The average Bonchev–Trinajstić information content (AvgIpc) is 2.17. The predicted molar refractivity (Wildman–Crippen MR) is 48.7 cm³/mol. The zero-order valence-electron chi connectivity index (χ0n) is 6.82. The number of pyridine rings is 1. The number of aromatic carboxylic acids is 1. The van der Waals surface area contributed by atoms with Gasteiger partial charge in [-0.15, -0.1) is 0 Å². The standard InChI is InChI=1S/C9H8N2O2/c12-9(13)8-4-7-6(5-11-8)2-1-3-10-7/h1-2,4-5,10H,3H2,(H,12,13). The van der Waals surface area contributed by atoms with Gasteiger partial charge in [-0.25, -0.2) is 9.78 Å². The van der Waals surface area contributed by atoms with Crippen molar-refractivity contribution in [1.82, 2.24) is 4.98 Å². The van der Waals surface area contributed by atoms with E-state index in [1.807, 2.05) is 12.2 Å². The van der Waals surface area contributed by atoms with Crippen molar-refractivity contribution < 1.29 is 9.90 Å². The lowest BCUT2D eigenvalue weighted by atomic mass is 10.1. The first-order valence-electron chi connectivity index (χ1n) is 3.91. The SMILES string of the molecule is O=C(O)c1cc2c(cn1)C=CCN2. The van der Waals surface area contributed by atoms with Gasteiger partial charge in [0.05, 0.1) is 0 Å². The Morgan fingerprint density at radius 3 is 3.23 bits per heavy atom. The monoisotopic (exact) mass is 176 g/mol. The molecule has 1 aliphatic rings. The third-order valence-corrected chi connectivity index (χ3v) is 1.86. The van der Waals surface area contributed by atoms with Gasteiger partial charge < -0.3 is 10.4 Å². The Balaban J connectivity index is 2.48. The third kappa shape index (κ3) is 1.38. The number of carboxylic acid groups (broad SMARTS) is 1. The summed E-state index contributed by atoms with van der Waals surface area (Å²) in [5, 5.41) is 11.7. The van der Waals surface area contributed by atoms with E-state index in [1.54, 1.807) is 12.3 Å². The first kappa shape index (κ1) is 7.79. The molecule has 1 aromatic heterocycles. The van der Waals surface area contributed by atoms with Crippen molar-refractivity contribution in [3.05, 3.63) is 29.6 Å². The normalized spacial score (nSPS) is 13.2. The van der Waals surface area contributed by atoms with Gasteiger partial charge in [0.25, 0.3) is 0 Å². The highest BCUT2D eigenvalue weighted by atomic mass is 16.4. The van der Waals surface area contributed by atoms with Gasteiger partial charge in [-0.2, -0.15) is 0 Å². The fraction of sp³-hybridized carbons (Fsp3) is 0.111. The van der Waals surface area contributed by atoms with Crippen LogP contribution in [0.15, 0.2) is 18.3 Å². The van der Waals surface area contributed by atoms with Crippen LogP contribution in [0.3, 0.4) is 0 Å². The summed E-state index contributed by atoms with van der Waals surface area (Å²) in [5.41, 5.74) is 1.83. The zero-order valence-corrected chi connectivity index (χ0v) is 6.82. The smallest absolute Gasteiger partial charge is 0.354 e. The van der Waals surface area contributed by atoms with Crippen LogP contribution in [0.5, 0.6) is 0 Å². The lowest BCUT2D eigenvalue weighted by Crippen LogP contribution is -2.08. The molecule has 4 heteroatoms. The van der Waals surface area contributed by atoms with Crippen molar-refractivity contribution in [1.29, 1.82) is 0 Å². The van der Waals surface area contributed by atoms with Crippen LogP contribution in [0.2, 0.25) is 0 Å². The Morgan fingerprint density at radius 2 is 2.46 bits per heavy atom. The number of hydrogen-bond donors (Lipinski definition) is 2. The third-order valence-electron chi connectivity index (χ3n) is 1.86. The molecular formula is C9H8N2O2. The van der Waals surface area contributed by atoms with E-state index in [2.05, 4.69) is 10.3 Å². The van der Waals surface area contributed by atoms with Crippen LogP contribution in [-0.4, -0.2) is 22.6 Å². The Bertz CT molecular complexity index is 385. The molecule has 1 aromatic rings. The van der Waals surface area contributed by atoms with Crippen LogP contribution in [0.4, 0.5) is 5.69 Å². The molecule has 0 atom stereocenters. The van der Waals surface area contributed by atoms with Gasteiger partial charge in [0.1, 0.15) is 5.69 Å². The quantitative estimate of drug-likeness (QED) is 0.675. The summed E-state index contributed by atoms with van der Waals surface area (Å²) in [4.78, 5) is 14.4. The molecule has 0 unspecified atom stereocenters. The minimum Gasteiger partial charge on any atom is -0.477 e. The molecule has 1 aliphatic heterocycles. The van der Waals surface area contributed by atoms with Crippen molar-refractivity contribution in [3.8, 4) is 0 Å². The van der Waals surface area contributed by atoms with Gasteiger partial charge >= 0.3 is 5.97 Å². The van der Waals surface area contributed by atoms with Gasteiger partial charge in [0, 0.05) is 24.0 Å². The van der Waals surface area contributed by atoms with Gasteiger partial charge in [-0.05, 0) is 6.07 Å². The van der Waals surface area contributed by atoms with Gasteiger partial charge in [-0.3, -0.25) is 0 Å². The number of carbonyl (C=O) groups is 1. The van der Waals surface area contributed by atoms with Crippen molar-refractivity contribution >= 4 is 17.7 Å². The van der Waals surface area contributed by atoms with E-state index < -0.39 is 5.97 Å². The van der Waals surface area contributed by atoms with Gasteiger partial charge in [-0.1, -0.05) is 12.2 Å². The maximum atomic E-state index is 10.6. The summed E-state index contributed by atoms with van der Waals surface area (Å²) < 4.78 is 0. The highest BCUT2D eigenvalue weighted by Gasteiger charge is 2.09. The summed E-state index contributed by atoms with van der Waals surface area (Å²) in [5.74, 6) is -1.00. The highest BCUT2D eigenvalue weighted by Crippen LogP contribution is 2.20. The summed E-state index contributed by atoms with van der Waals surface area (Å²) >= 11 is 0. The topological polar surface area (TPSA) is 62.2 Å². The van der Waals surface area contributed by atoms with Crippen molar-refractivity contribution in [2.24, 2.45) is 0 Å². The Labute approximate surface area is 74.9 Å². The van der Waals surface area contributed by atoms with Crippen molar-refractivity contribution in [2.45, 2.75) is 0 Å². The summed E-state index contributed by atoms with van der Waals surface area (Å²) in [6.07, 6.45) is 5.44. The second-order valence-electron chi connectivity index (χ2n) is 2.75. The van der Waals surface area contributed by atoms with E-state index >= 15 is 0 Å². The number of nitrogens with one attached hydrogen (secondary N) is 1. The summed E-state index contributed by atoms with van der Waals surface area (Å²) in [7, 11) is 0. The zero-order chi connectivity index (χ0) is 9.26. The first-order valence-corrected chi connectivity index (χ1v) is 3.91. The number of aromatic nitrogens is 1. The maximum absolute atomic E-state index is 10.6. The Morgan fingerprint density at radius 1 is 1.62 bits per heavy atom. The largest absolute Gasteiger partial charge is 0.477 e. The van der Waals surface area contributed by atoms with Crippen molar-refractivity contribution in [2.75, 3.05) is 11.9 Å².